The molecule has 1 amide bonds. The minimum absolute atomic E-state index is 0.0976. The van der Waals surface area contributed by atoms with Crippen LogP contribution in [0.5, 0.6) is 0 Å². The lowest BCUT2D eigenvalue weighted by Crippen LogP contribution is -2.40. The highest BCUT2D eigenvalue weighted by molar-refractivity contribution is 5.76. The van der Waals surface area contributed by atoms with Crippen molar-refractivity contribution >= 4 is 5.91 Å². The van der Waals surface area contributed by atoms with Gasteiger partial charge in [0.1, 0.15) is 5.82 Å². The van der Waals surface area contributed by atoms with Gasteiger partial charge in [0.15, 0.2) is 0 Å². The Hall–Kier alpha value is -2.37. The van der Waals surface area contributed by atoms with Crippen LogP contribution >= 0.6 is 0 Å². The van der Waals surface area contributed by atoms with E-state index in [1.165, 1.54) is 30.4 Å². The predicted molar refractivity (Wildman–Crippen MR) is 104 cm³/mol. The fourth-order valence-corrected chi connectivity index (χ4v) is 4.57. The summed E-state index contributed by atoms with van der Waals surface area (Å²) in [5, 5.41) is 4.54. The third-order valence-corrected chi connectivity index (χ3v) is 6.04. The maximum atomic E-state index is 12.8. The summed E-state index contributed by atoms with van der Waals surface area (Å²) in [7, 11) is 1.69. The van der Waals surface area contributed by atoms with Crippen molar-refractivity contribution in [2.75, 3.05) is 13.1 Å². The van der Waals surface area contributed by atoms with Gasteiger partial charge in [-0.3, -0.25) is 4.79 Å². The molecule has 4 rings (SSSR count). The monoisotopic (exact) mass is 368 g/mol. The predicted octanol–water partition coefficient (Wildman–Crippen LogP) is 2.86. The first-order chi connectivity index (χ1) is 13.1. The molecule has 27 heavy (non-hydrogen) atoms. The van der Waals surface area contributed by atoms with Gasteiger partial charge in [-0.25, -0.2) is 14.0 Å². The molecule has 2 fully saturated rings. The van der Waals surface area contributed by atoms with Crippen LogP contribution in [0.2, 0.25) is 0 Å². The van der Waals surface area contributed by atoms with Gasteiger partial charge in [-0.2, -0.15) is 5.10 Å². The van der Waals surface area contributed by atoms with Gasteiger partial charge in [-0.15, -0.1) is 0 Å². The van der Waals surface area contributed by atoms with Crippen LogP contribution in [0, 0.1) is 5.92 Å². The summed E-state index contributed by atoms with van der Waals surface area (Å²) in [6.45, 7) is 1.49. The smallest absolute Gasteiger partial charge is 0.342 e. The Morgan fingerprint density at radius 1 is 1.11 bits per heavy atom. The molecule has 2 heterocycles. The van der Waals surface area contributed by atoms with Crippen molar-refractivity contribution in [3.63, 3.8) is 0 Å². The van der Waals surface area contributed by atoms with E-state index in [-0.39, 0.29) is 17.5 Å². The second-order valence-electron chi connectivity index (χ2n) is 7.97. The van der Waals surface area contributed by atoms with Crippen molar-refractivity contribution in [2.45, 2.75) is 50.9 Å². The quantitative estimate of drug-likeness (QED) is 0.834. The molecule has 2 aromatic rings. The molecular weight excluding hydrogens is 340 g/mol. The lowest BCUT2D eigenvalue weighted by molar-refractivity contribution is -0.133. The topological polar surface area (TPSA) is 60.1 Å². The number of para-hydroxylation sites is 1. The largest absolute Gasteiger partial charge is 0.350 e. The van der Waals surface area contributed by atoms with E-state index in [1.807, 2.05) is 35.2 Å². The second kappa shape index (κ2) is 7.71. The lowest BCUT2D eigenvalue weighted by atomic mass is 9.95. The zero-order chi connectivity index (χ0) is 18.8. The molecule has 1 unspecified atom stereocenters. The van der Waals surface area contributed by atoms with Crippen LogP contribution in [-0.2, 0) is 11.8 Å². The summed E-state index contributed by atoms with van der Waals surface area (Å²) in [6, 6.07) is 9.65. The number of hydrogen-bond acceptors (Lipinski definition) is 3. The lowest BCUT2D eigenvalue weighted by Gasteiger charge is -2.33. The van der Waals surface area contributed by atoms with E-state index in [4.69, 9.17) is 0 Å². The van der Waals surface area contributed by atoms with Gasteiger partial charge in [-0.05, 0) is 43.7 Å². The summed E-state index contributed by atoms with van der Waals surface area (Å²) in [5.41, 5.74) is 0.700. The van der Waals surface area contributed by atoms with Crippen LogP contribution in [0.1, 0.15) is 56.7 Å². The van der Waals surface area contributed by atoms with Gasteiger partial charge in [-0.1, -0.05) is 31.0 Å². The Morgan fingerprint density at radius 2 is 1.85 bits per heavy atom. The number of aryl methyl sites for hydroxylation is 1. The number of nitrogens with zero attached hydrogens (tertiary/aromatic N) is 4. The Bertz CT molecular complexity index is 849. The van der Waals surface area contributed by atoms with Gasteiger partial charge < -0.3 is 4.90 Å². The van der Waals surface area contributed by atoms with E-state index in [1.54, 1.807) is 11.6 Å². The Balaban J connectivity index is 1.56. The number of likely N-dealkylation sites (tertiary alicyclic amines) is 1. The molecule has 1 saturated heterocycles. The number of carbonyl (C=O) groups excluding carboxylic acids is 1. The maximum absolute atomic E-state index is 12.8. The minimum atomic E-state index is -0.134. The first kappa shape index (κ1) is 18.0. The normalized spacial score (nSPS) is 20.9. The highest BCUT2D eigenvalue weighted by Gasteiger charge is 2.30. The summed E-state index contributed by atoms with van der Waals surface area (Å²) in [4.78, 5) is 27.5. The molecule has 1 atom stereocenters. The van der Waals surface area contributed by atoms with Crippen molar-refractivity contribution in [3.05, 3.63) is 46.6 Å². The Morgan fingerprint density at radius 3 is 2.59 bits per heavy atom. The number of piperidine rings is 1. The van der Waals surface area contributed by atoms with Gasteiger partial charge >= 0.3 is 5.69 Å². The number of aromatic nitrogens is 3. The molecule has 0 radical (unpaired) electrons. The van der Waals surface area contributed by atoms with Crippen LogP contribution in [-0.4, -0.2) is 38.2 Å². The number of rotatable bonds is 4. The van der Waals surface area contributed by atoms with Crippen molar-refractivity contribution < 1.29 is 4.79 Å². The van der Waals surface area contributed by atoms with E-state index in [0.717, 1.165) is 30.9 Å². The SMILES string of the molecule is Cn1nc(C2CCCN(C(=O)CC3CCCC3)C2)n(-c2ccccc2)c1=O. The Kier molecular flexibility index (Phi) is 5.14. The van der Waals surface area contributed by atoms with Gasteiger partial charge in [0.25, 0.3) is 0 Å². The first-order valence-electron chi connectivity index (χ1n) is 10.1. The zero-order valence-electron chi connectivity index (χ0n) is 16.0. The molecule has 6 heteroatoms. The number of hydrogen-bond donors (Lipinski definition) is 0. The molecule has 1 aliphatic heterocycles. The molecule has 0 spiro atoms. The molecule has 6 nitrogen and oxygen atoms in total. The van der Waals surface area contributed by atoms with Crippen molar-refractivity contribution in [2.24, 2.45) is 13.0 Å². The van der Waals surface area contributed by atoms with Gasteiger partial charge in [0, 0.05) is 32.5 Å². The number of carbonyl (C=O) groups is 1. The molecular formula is C21H28N4O2. The number of amides is 1. The van der Waals surface area contributed by atoms with E-state index >= 15 is 0 Å². The summed E-state index contributed by atoms with van der Waals surface area (Å²) in [5.74, 6) is 1.71. The van der Waals surface area contributed by atoms with Gasteiger partial charge in [0.2, 0.25) is 5.91 Å². The van der Waals surface area contributed by atoms with Crippen LogP contribution in [0.3, 0.4) is 0 Å². The molecule has 144 valence electrons. The van der Waals surface area contributed by atoms with Crippen LogP contribution in [0.25, 0.3) is 5.69 Å². The van der Waals surface area contributed by atoms with Crippen molar-refractivity contribution in [1.82, 2.24) is 19.2 Å². The third kappa shape index (κ3) is 3.70. The van der Waals surface area contributed by atoms with Gasteiger partial charge in [0.05, 0.1) is 5.69 Å². The number of benzene rings is 1. The highest BCUT2D eigenvalue weighted by Crippen LogP contribution is 2.31. The fraction of sp³-hybridized carbons (Fsp3) is 0.571. The average Bonchev–Trinajstić information content (AvgIpc) is 3.31. The third-order valence-electron chi connectivity index (χ3n) is 6.04. The fourth-order valence-electron chi connectivity index (χ4n) is 4.57. The maximum Gasteiger partial charge on any atom is 0.350 e. The van der Waals surface area contributed by atoms with Crippen LogP contribution in [0.4, 0.5) is 0 Å². The van der Waals surface area contributed by atoms with E-state index in [9.17, 15) is 9.59 Å². The summed E-state index contributed by atoms with van der Waals surface area (Å²) < 4.78 is 3.11. The zero-order valence-corrected chi connectivity index (χ0v) is 16.0. The molecule has 1 aromatic heterocycles. The van der Waals surface area contributed by atoms with E-state index in [2.05, 4.69) is 5.10 Å². The average molecular weight is 368 g/mol. The summed E-state index contributed by atoms with van der Waals surface area (Å²) in [6.07, 6.45) is 7.50. The van der Waals surface area contributed by atoms with Crippen molar-refractivity contribution in [1.29, 1.82) is 0 Å². The molecule has 0 bridgehead atoms. The molecule has 2 aliphatic rings. The highest BCUT2D eigenvalue weighted by atomic mass is 16.2. The van der Waals surface area contributed by atoms with E-state index < -0.39 is 0 Å². The van der Waals surface area contributed by atoms with Crippen LogP contribution < -0.4 is 5.69 Å². The molecule has 1 aliphatic carbocycles. The summed E-state index contributed by atoms with van der Waals surface area (Å²) >= 11 is 0. The first-order valence-corrected chi connectivity index (χ1v) is 10.1. The van der Waals surface area contributed by atoms with E-state index in [0.29, 0.717) is 18.9 Å². The molecule has 1 saturated carbocycles. The minimum Gasteiger partial charge on any atom is -0.342 e. The second-order valence-corrected chi connectivity index (χ2v) is 7.97. The Labute approximate surface area is 159 Å². The van der Waals surface area contributed by atoms with Crippen molar-refractivity contribution in [3.8, 4) is 5.69 Å². The standard InChI is InChI=1S/C21H28N4O2/c1-23-21(27)25(18-11-3-2-4-12-18)20(22-23)17-10-7-13-24(15-17)19(26)14-16-8-5-6-9-16/h2-4,11-12,16-17H,5-10,13-15H2,1H3. The molecule has 1 aromatic carbocycles. The van der Waals surface area contributed by atoms with Crippen LogP contribution in [0.15, 0.2) is 35.1 Å². The molecule has 0 N–H and O–H groups in total.